The van der Waals surface area contributed by atoms with E-state index in [-0.39, 0.29) is 6.10 Å². The number of imidazole rings is 1. The predicted molar refractivity (Wildman–Crippen MR) is 48.6 cm³/mol. The Hall–Kier alpha value is -1.16. The van der Waals surface area contributed by atoms with Gasteiger partial charge in [0.05, 0.1) is 11.9 Å². The number of hydrogen-bond acceptors (Lipinski definition) is 3. The Morgan fingerprint density at radius 3 is 2.92 bits per heavy atom. The number of ether oxygens (including phenoxy) is 1. The quantitative estimate of drug-likeness (QED) is 0.705. The van der Waals surface area contributed by atoms with E-state index < -0.39 is 0 Å². The summed E-state index contributed by atoms with van der Waals surface area (Å²) in [6.07, 6.45) is 3.08. The number of nitrogens with one attached hydrogen (secondary N) is 1. The van der Waals surface area contributed by atoms with E-state index >= 15 is 0 Å². The third kappa shape index (κ3) is 2.39. The number of aromatic nitrogens is 2. The van der Waals surface area contributed by atoms with Crippen molar-refractivity contribution in [3.8, 4) is 0 Å². The van der Waals surface area contributed by atoms with Crippen LogP contribution in [0.15, 0.2) is 6.20 Å². The summed E-state index contributed by atoms with van der Waals surface area (Å²) in [5, 5.41) is 0. The van der Waals surface area contributed by atoms with Crippen molar-refractivity contribution in [2.24, 2.45) is 0 Å². The molecule has 1 rings (SSSR count). The minimum Gasteiger partial charge on any atom is -0.371 e. The Balaban J connectivity index is 2.72. The smallest absolute Gasteiger partial charge is 0.167 e. The van der Waals surface area contributed by atoms with Crippen molar-refractivity contribution in [3.63, 3.8) is 0 Å². The molecular formula is C9H14N2O2. The number of H-pyrrole nitrogens is 1. The SMILES string of the molecule is CCOC(CC)c1ncc(C=O)[nH]1. The molecule has 0 saturated heterocycles. The molecule has 0 spiro atoms. The molecule has 13 heavy (non-hydrogen) atoms. The van der Waals surface area contributed by atoms with Gasteiger partial charge in [0.15, 0.2) is 6.29 Å². The summed E-state index contributed by atoms with van der Waals surface area (Å²) >= 11 is 0. The maximum absolute atomic E-state index is 10.4. The van der Waals surface area contributed by atoms with E-state index in [0.29, 0.717) is 12.3 Å². The lowest BCUT2D eigenvalue weighted by Crippen LogP contribution is -2.04. The number of carbonyl (C=O) groups is 1. The van der Waals surface area contributed by atoms with Crippen LogP contribution >= 0.6 is 0 Å². The highest BCUT2D eigenvalue weighted by Gasteiger charge is 2.12. The first-order valence-corrected chi connectivity index (χ1v) is 4.43. The number of aldehydes is 1. The molecule has 1 N–H and O–H groups in total. The van der Waals surface area contributed by atoms with Crippen LogP contribution in [0, 0.1) is 0 Å². The van der Waals surface area contributed by atoms with Crippen molar-refractivity contribution in [2.45, 2.75) is 26.4 Å². The highest BCUT2D eigenvalue weighted by molar-refractivity contribution is 5.71. The Bertz CT molecular complexity index is 270. The molecule has 0 saturated carbocycles. The van der Waals surface area contributed by atoms with E-state index in [1.165, 1.54) is 6.20 Å². The van der Waals surface area contributed by atoms with Crippen molar-refractivity contribution in [2.75, 3.05) is 6.61 Å². The molecule has 4 heteroatoms. The minimum atomic E-state index is -0.0290. The zero-order valence-corrected chi connectivity index (χ0v) is 7.91. The topological polar surface area (TPSA) is 55.0 Å². The first kappa shape index (κ1) is 9.92. The van der Waals surface area contributed by atoms with Gasteiger partial charge in [0, 0.05) is 6.61 Å². The van der Waals surface area contributed by atoms with Crippen LogP contribution in [-0.4, -0.2) is 22.9 Å². The van der Waals surface area contributed by atoms with Crippen LogP contribution in [-0.2, 0) is 4.74 Å². The van der Waals surface area contributed by atoms with Crippen LogP contribution in [0.2, 0.25) is 0 Å². The van der Waals surface area contributed by atoms with E-state index in [2.05, 4.69) is 9.97 Å². The third-order valence-electron chi connectivity index (χ3n) is 1.79. The summed E-state index contributed by atoms with van der Waals surface area (Å²) in [6, 6.07) is 0. The van der Waals surface area contributed by atoms with E-state index in [1.807, 2.05) is 13.8 Å². The molecular weight excluding hydrogens is 168 g/mol. The fourth-order valence-electron chi connectivity index (χ4n) is 1.17. The van der Waals surface area contributed by atoms with Gasteiger partial charge in [-0.25, -0.2) is 4.98 Å². The average Bonchev–Trinajstić information content (AvgIpc) is 2.62. The average molecular weight is 182 g/mol. The number of hydrogen-bond donors (Lipinski definition) is 1. The monoisotopic (exact) mass is 182 g/mol. The molecule has 4 nitrogen and oxygen atoms in total. The number of carbonyl (C=O) groups excluding carboxylic acids is 1. The number of nitrogens with zero attached hydrogens (tertiary/aromatic N) is 1. The second kappa shape index (κ2) is 4.77. The van der Waals surface area contributed by atoms with Crippen molar-refractivity contribution in [1.82, 2.24) is 9.97 Å². The maximum atomic E-state index is 10.4. The van der Waals surface area contributed by atoms with Crippen LogP contribution in [0.4, 0.5) is 0 Å². The molecule has 1 aromatic rings. The third-order valence-corrected chi connectivity index (χ3v) is 1.79. The van der Waals surface area contributed by atoms with E-state index in [0.717, 1.165) is 18.5 Å². The Morgan fingerprint density at radius 1 is 1.69 bits per heavy atom. The highest BCUT2D eigenvalue weighted by atomic mass is 16.5. The second-order valence-corrected chi connectivity index (χ2v) is 2.69. The van der Waals surface area contributed by atoms with E-state index in [9.17, 15) is 4.79 Å². The largest absolute Gasteiger partial charge is 0.371 e. The summed E-state index contributed by atoms with van der Waals surface area (Å²) in [5.41, 5.74) is 0.494. The van der Waals surface area contributed by atoms with Crippen LogP contribution in [0.5, 0.6) is 0 Å². The summed E-state index contributed by atoms with van der Waals surface area (Å²) in [7, 11) is 0. The van der Waals surface area contributed by atoms with Gasteiger partial charge in [0.1, 0.15) is 11.9 Å². The van der Waals surface area contributed by atoms with Gasteiger partial charge < -0.3 is 9.72 Å². The molecule has 1 aromatic heterocycles. The maximum Gasteiger partial charge on any atom is 0.167 e. The lowest BCUT2D eigenvalue weighted by atomic mass is 10.2. The van der Waals surface area contributed by atoms with E-state index in [4.69, 9.17) is 4.74 Å². The molecule has 1 heterocycles. The van der Waals surface area contributed by atoms with Crippen molar-refractivity contribution < 1.29 is 9.53 Å². The Morgan fingerprint density at radius 2 is 2.46 bits per heavy atom. The molecule has 0 radical (unpaired) electrons. The minimum absolute atomic E-state index is 0.0290. The number of aromatic amines is 1. The molecule has 0 aliphatic heterocycles. The predicted octanol–water partition coefficient (Wildman–Crippen LogP) is 1.71. The van der Waals surface area contributed by atoms with Crippen molar-refractivity contribution in [1.29, 1.82) is 0 Å². The summed E-state index contributed by atoms with van der Waals surface area (Å²) in [4.78, 5) is 17.3. The van der Waals surface area contributed by atoms with Gasteiger partial charge in [-0.1, -0.05) is 6.92 Å². The van der Waals surface area contributed by atoms with Crippen LogP contribution in [0.3, 0.4) is 0 Å². The normalized spacial score (nSPS) is 12.8. The molecule has 72 valence electrons. The van der Waals surface area contributed by atoms with Gasteiger partial charge in [-0.3, -0.25) is 4.79 Å². The van der Waals surface area contributed by atoms with Crippen molar-refractivity contribution in [3.05, 3.63) is 17.7 Å². The molecule has 1 unspecified atom stereocenters. The fraction of sp³-hybridized carbons (Fsp3) is 0.556. The highest BCUT2D eigenvalue weighted by Crippen LogP contribution is 2.16. The van der Waals surface area contributed by atoms with Gasteiger partial charge in [-0.2, -0.15) is 0 Å². The second-order valence-electron chi connectivity index (χ2n) is 2.69. The molecule has 0 aromatic carbocycles. The number of rotatable bonds is 5. The summed E-state index contributed by atoms with van der Waals surface area (Å²) in [5.74, 6) is 0.728. The van der Waals surface area contributed by atoms with Gasteiger partial charge in [0.2, 0.25) is 0 Å². The first-order chi connectivity index (χ1) is 6.31. The van der Waals surface area contributed by atoms with Gasteiger partial charge in [-0.15, -0.1) is 0 Å². The first-order valence-electron chi connectivity index (χ1n) is 4.43. The van der Waals surface area contributed by atoms with Crippen molar-refractivity contribution >= 4 is 6.29 Å². The zero-order chi connectivity index (χ0) is 9.68. The molecule has 0 bridgehead atoms. The summed E-state index contributed by atoms with van der Waals surface area (Å²) < 4.78 is 5.43. The molecule has 0 amide bonds. The van der Waals surface area contributed by atoms with Crippen LogP contribution in [0.1, 0.15) is 42.7 Å². The molecule has 0 aliphatic rings. The fourth-order valence-corrected chi connectivity index (χ4v) is 1.17. The standard InChI is InChI=1S/C9H14N2O2/c1-3-8(13-4-2)9-10-5-7(6-12)11-9/h5-6,8H,3-4H2,1-2H3,(H,10,11). The van der Waals surface area contributed by atoms with Crippen LogP contribution < -0.4 is 0 Å². The molecule has 0 fully saturated rings. The zero-order valence-electron chi connectivity index (χ0n) is 7.91. The van der Waals surface area contributed by atoms with Gasteiger partial charge in [-0.05, 0) is 13.3 Å². The van der Waals surface area contributed by atoms with Crippen LogP contribution in [0.25, 0.3) is 0 Å². The van der Waals surface area contributed by atoms with E-state index in [1.54, 1.807) is 0 Å². The van der Waals surface area contributed by atoms with Gasteiger partial charge in [0.25, 0.3) is 0 Å². The lowest BCUT2D eigenvalue weighted by Gasteiger charge is -2.11. The Kier molecular flexibility index (Phi) is 3.64. The molecule has 0 aliphatic carbocycles. The summed E-state index contributed by atoms with van der Waals surface area (Å²) in [6.45, 7) is 4.60. The van der Waals surface area contributed by atoms with Gasteiger partial charge >= 0.3 is 0 Å². The molecule has 1 atom stereocenters. The Labute approximate surface area is 77.3 Å². The lowest BCUT2D eigenvalue weighted by molar-refractivity contribution is 0.0540.